The second-order valence-corrected chi connectivity index (χ2v) is 3.74. The first-order valence-electron chi connectivity index (χ1n) is 5.32. The molecule has 0 unspecified atom stereocenters. The zero-order valence-electron chi connectivity index (χ0n) is 10.5. The van der Waals surface area contributed by atoms with Gasteiger partial charge in [0, 0.05) is 16.8 Å². The highest BCUT2D eigenvalue weighted by Gasteiger charge is 2.12. The van der Waals surface area contributed by atoms with Gasteiger partial charge in [-0.25, -0.2) is 4.79 Å². The van der Waals surface area contributed by atoms with Crippen molar-refractivity contribution in [2.45, 2.75) is 13.8 Å². The number of carboxylic acids is 1. The smallest absolute Gasteiger partial charge is 0.331 e. The van der Waals surface area contributed by atoms with E-state index in [-0.39, 0.29) is 11.1 Å². The molecule has 0 heterocycles. The van der Waals surface area contributed by atoms with Crippen LogP contribution in [-0.4, -0.2) is 24.1 Å². The zero-order valence-corrected chi connectivity index (χ0v) is 10.5. The maximum atomic E-state index is 11.7. The van der Waals surface area contributed by atoms with E-state index in [9.17, 15) is 9.59 Å². The molecule has 96 valence electrons. The van der Waals surface area contributed by atoms with Gasteiger partial charge < -0.3 is 15.2 Å². The molecule has 1 aromatic carbocycles. The fourth-order valence-electron chi connectivity index (χ4n) is 1.23. The van der Waals surface area contributed by atoms with Gasteiger partial charge in [-0.2, -0.15) is 0 Å². The number of hydrogen-bond donors (Lipinski definition) is 2. The van der Waals surface area contributed by atoms with Crippen molar-refractivity contribution >= 4 is 17.6 Å². The van der Waals surface area contributed by atoms with Gasteiger partial charge in [0.05, 0.1) is 7.11 Å². The van der Waals surface area contributed by atoms with Crippen LogP contribution in [0.4, 0.5) is 5.69 Å². The summed E-state index contributed by atoms with van der Waals surface area (Å²) in [6, 6.07) is 6.78. The summed E-state index contributed by atoms with van der Waals surface area (Å²) in [7, 11) is 1.55. The van der Waals surface area contributed by atoms with E-state index in [1.54, 1.807) is 31.4 Å². The van der Waals surface area contributed by atoms with E-state index in [0.717, 1.165) is 0 Å². The first kappa shape index (κ1) is 13.8. The molecule has 1 amide bonds. The number of amides is 1. The number of methoxy groups -OCH3 is 1. The molecule has 0 radical (unpaired) electrons. The minimum atomic E-state index is -1.10. The third kappa shape index (κ3) is 3.35. The standard InChI is InChI=1S/C13H15NO4/c1-8(9(2)13(16)17)12(15)14-10-4-6-11(18-3)7-5-10/h4-7H,1-3H3,(H,14,15)(H,16,17)/b9-8-. The van der Waals surface area contributed by atoms with Crippen LogP contribution in [-0.2, 0) is 9.59 Å². The van der Waals surface area contributed by atoms with Crippen molar-refractivity contribution in [2.24, 2.45) is 0 Å². The highest BCUT2D eigenvalue weighted by molar-refractivity contribution is 6.08. The normalized spacial score (nSPS) is 11.5. The van der Waals surface area contributed by atoms with Crippen molar-refractivity contribution in [2.75, 3.05) is 12.4 Å². The molecule has 0 saturated carbocycles. The summed E-state index contributed by atoms with van der Waals surface area (Å²) in [5, 5.41) is 11.4. The van der Waals surface area contributed by atoms with Gasteiger partial charge in [-0.3, -0.25) is 4.79 Å². The van der Waals surface area contributed by atoms with E-state index in [2.05, 4.69) is 5.32 Å². The summed E-state index contributed by atoms with van der Waals surface area (Å²) < 4.78 is 4.99. The van der Waals surface area contributed by atoms with Crippen molar-refractivity contribution in [3.05, 3.63) is 35.4 Å². The Kier molecular flexibility index (Phi) is 4.48. The van der Waals surface area contributed by atoms with Gasteiger partial charge in [-0.05, 0) is 38.1 Å². The summed E-state index contributed by atoms with van der Waals surface area (Å²) in [6.45, 7) is 2.87. The van der Waals surface area contributed by atoms with Gasteiger partial charge >= 0.3 is 5.97 Å². The monoisotopic (exact) mass is 249 g/mol. The Morgan fingerprint density at radius 1 is 1.11 bits per heavy atom. The zero-order chi connectivity index (χ0) is 13.7. The molecule has 0 aliphatic rings. The van der Waals surface area contributed by atoms with E-state index in [1.165, 1.54) is 13.8 Å². The van der Waals surface area contributed by atoms with Gasteiger partial charge in [0.15, 0.2) is 0 Å². The van der Waals surface area contributed by atoms with E-state index >= 15 is 0 Å². The lowest BCUT2D eigenvalue weighted by atomic mass is 10.1. The van der Waals surface area contributed by atoms with Crippen LogP contribution in [0, 0.1) is 0 Å². The van der Waals surface area contributed by atoms with Crippen molar-refractivity contribution in [1.29, 1.82) is 0 Å². The van der Waals surface area contributed by atoms with Crippen molar-refractivity contribution in [3.8, 4) is 5.75 Å². The Morgan fingerprint density at radius 3 is 2.11 bits per heavy atom. The third-order valence-electron chi connectivity index (χ3n) is 2.57. The van der Waals surface area contributed by atoms with E-state index in [1.807, 2.05) is 0 Å². The lowest BCUT2D eigenvalue weighted by Crippen LogP contribution is -2.16. The molecule has 5 nitrogen and oxygen atoms in total. The molecule has 0 aliphatic heterocycles. The van der Waals surface area contributed by atoms with E-state index in [0.29, 0.717) is 11.4 Å². The average molecular weight is 249 g/mol. The highest BCUT2D eigenvalue weighted by atomic mass is 16.5. The first-order valence-corrected chi connectivity index (χ1v) is 5.32. The molecule has 1 aromatic rings. The molecular weight excluding hydrogens is 234 g/mol. The first-order chi connectivity index (χ1) is 8.45. The Hall–Kier alpha value is -2.30. The van der Waals surface area contributed by atoms with Crippen molar-refractivity contribution < 1.29 is 19.4 Å². The summed E-state index contributed by atoms with van der Waals surface area (Å²) in [5.74, 6) is -0.848. The summed E-state index contributed by atoms with van der Waals surface area (Å²) in [5.41, 5.74) is 0.790. The fraction of sp³-hybridized carbons (Fsp3) is 0.231. The molecule has 0 atom stereocenters. The van der Waals surface area contributed by atoms with Crippen LogP contribution in [0.25, 0.3) is 0 Å². The minimum Gasteiger partial charge on any atom is -0.497 e. The average Bonchev–Trinajstić information content (AvgIpc) is 2.37. The number of ether oxygens (including phenoxy) is 1. The van der Waals surface area contributed by atoms with Crippen LogP contribution in [0.5, 0.6) is 5.75 Å². The molecule has 0 spiro atoms. The van der Waals surface area contributed by atoms with Crippen LogP contribution < -0.4 is 10.1 Å². The maximum absolute atomic E-state index is 11.7. The van der Waals surface area contributed by atoms with E-state index < -0.39 is 11.9 Å². The second-order valence-electron chi connectivity index (χ2n) is 3.74. The molecule has 0 aliphatic carbocycles. The maximum Gasteiger partial charge on any atom is 0.331 e. The number of nitrogens with one attached hydrogen (secondary N) is 1. The quantitative estimate of drug-likeness (QED) is 0.801. The molecule has 0 aromatic heterocycles. The lowest BCUT2D eigenvalue weighted by Gasteiger charge is -2.07. The fourth-order valence-corrected chi connectivity index (χ4v) is 1.23. The number of benzene rings is 1. The molecule has 0 saturated heterocycles. The number of carbonyl (C=O) groups is 2. The topological polar surface area (TPSA) is 75.6 Å². The Bertz CT molecular complexity index is 488. The summed E-state index contributed by atoms with van der Waals surface area (Å²) in [6.07, 6.45) is 0. The highest BCUT2D eigenvalue weighted by Crippen LogP contribution is 2.16. The molecule has 0 fully saturated rings. The number of carboxylic acid groups (broad SMARTS) is 1. The number of carbonyl (C=O) groups excluding carboxylic acids is 1. The number of anilines is 1. The number of rotatable bonds is 4. The summed E-state index contributed by atoms with van der Waals surface area (Å²) >= 11 is 0. The van der Waals surface area contributed by atoms with Crippen LogP contribution in [0.3, 0.4) is 0 Å². The molecule has 5 heteroatoms. The Labute approximate surface area is 105 Å². The second kappa shape index (κ2) is 5.86. The SMILES string of the molecule is COc1ccc(NC(=O)/C(C)=C(/C)C(=O)O)cc1. The molecule has 18 heavy (non-hydrogen) atoms. The molecule has 2 N–H and O–H groups in total. The van der Waals surface area contributed by atoms with Gasteiger partial charge in [0.25, 0.3) is 5.91 Å². The van der Waals surface area contributed by atoms with Crippen molar-refractivity contribution in [1.82, 2.24) is 0 Å². The third-order valence-corrected chi connectivity index (χ3v) is 2.57. The predicted molar refractivity (Wildman–Crippen MR) is 67.6 cm³/mol. The van der Waals surface area contributed by atoms with Crippen LogP contribution in [0.2, 0.25) is 0 Å². The minimum absolute atomic E-state index is 0.0287. The van der Waals surface area contributed by atoms with Crippen LogP contribution in [0.15, 0.2) is 35.4 Å². The van der Waals surface area contributed by atoms with E-state index in [4.69, 9.17) is 9.84 Å². The van der Waals surface area contributed by atoms with Gasteiger partial charge in [0.2, 0.25) is 0 Å². The van der Waals surface area contributed by atoms with Gasteiger partial charge in [-0.1, -0.05) is 0 Å². The van der Waals surface area contributed by atoms with Crippen LogP contribution in [0.1, 0.15) is 13.8 Å². The molecule has 1 rings (SSSR count). The number of hydrogen-bond acceptors (Lipinski definition) is 3. The van der Waals surface area contributed by atoms with Gasteiger partial charge in [0.1, 0.15) is 5.75 Å². The Morgan fingerprint density at radius 2 is 1.67 bits per heavy atom. The summed E-state index contributed by atoms with van der Waals surface area (Å²) in [4.78, 5) is 22.5. The molecular formula is C13H15NO4. The predicted octanol–water partition coefficient (Wildman–Crippen LogP) is 2.05. The Balaban J connectivity index is 2.81. The van der Waals surface area contributed by atoms with Crippen molar-refractivity contribution in [3.63, 3.8) is 0 Å². The molecule has 0 bridgehead atoms. The largest absolute Gasteiger partial charge is 0.497 e. The lowest BCUT2D eigenvalue weighted by molar-refractivity contribution is -0.133. The van der Waals surface area contributed by atoms with Gasteiger partial charge in [-0.15, -0.1) is 0 Å². The number of aliphatic carboxylic acids is 1. The van der Waals surface area contributed by atoms with Crippen LogP contribution >= 0.6 is 0 Å².